The summed E-state index contributed by atoms with van der Waals surface area (Å²) in [6.45, 7) is 9.34. The highest BCUT2D eigenvalue weighted by Crippen LogP contribution is 2.72. The summed E-state index contributed by atoms with van der Waals surface area (Å²) < 4.78 is 12.5. The Morgan fingerprint density at radius 2 is 1.97 bits per heavy atom. The van der Waals surface area contributed by atoms with E-state index in [2.05, 4.69) is 34.7 Å². The van der Waals surface area contributed by atoms with Crippen LogP contribution in [0.25, 0.3) is 0 Å². The number of piperazine rings is 1. The number of hydrogen-bond donors (Lipinski definition) is 0. The molecule has 0 bridgehead atoms. The van der Waals surface area contributed by atoms with Gasteiger partial charge in [-0.15, -0.1) is 0 Å². The first kappa shape index (κ1) is 19.1. The van der Waals surface area contributed by atoms with Crippen LogP contribution in [0.2, 0.25) is 0 Å². The number of ether oxygens (including phenoxy) is 2. The molecule has 1 aromatic rings. The molecule has 1 unspecified atom stereocenters. The number of pyridine rings is 1. The van der Waals surface area contributed by atoms with Crippen molar-refractivity contribution in [3.8, 4) is 0 Å². The second kappa shape index (κ2) is 6.42. The highest BCUT2D eigenvalue weighted by molar-refractivity contribution is 5.76. The number of fused-ring (bicyclic) bond motifs is 1. The number of aromatic nitrogens is 1. The standard InChI is InChI=1S/C24H33N3O3/c1-22-7-5-8-23(2)24(22,30-23)14-17-18(21(28)29-19(17)15-22)16-26-10-12-27(13-11-26)20-6-3-4-9-25-20/h3-4,6,9,17-19H,5,7-8,10-16H2,1-2H3/t17-,18?,19-,22-,23-,24+/m1/s1. The second-order valence-electron chi connectivity index (χ2n) is 10.7. The van der Waals surface area contributed by atoms with Gasteiger partial charge in [-0.2, -0.15) is 0 Å². The van der Waals surface area contributed by atoms with Crippen molar-refractivity contribution in [2.45, 2.75) is 63.3 Å². The van der Waals surface area contributed by atoms with Gasteiger partial charge in [-0.1, -0.05) is 13.0 Å². The zero-order valence-electron chi connectivity index (χ0n) is 18.2. The molecule has 6 heteroatoms. The van der Waals surface area contributed by atoms with Crippen molar-refractivity contribution in [1.29, 1.82) is 0 Å². The monoisotopic (exact) mass is 411 g/mol. The number of nitrogens with zero attached hydrogens (tertiary/aromatic N) is 3. The van der Waals surface area contributed by atoms with Crippen molar-refractivity contribution in [2.75, 3.05) is 37.6 Å². The Kier molecular flexibility index (Phi) is 4.08. The van der Waals surface area contributed by atoms with Gasteiger partial charge in [0.15, 0.2) is 0 Å². The van der Waals surface area contributed by atoms with Crippen LogP contribution in [0.4, 0.5) is 5.82 Å². The highest BCUT2D eigenvalue weighted by Gasteiger charge is 2.79. The third-order valence-corrected chi connectivity index (χ3v) is 9.11. The van der Waals surface area contributed by atoms with Crippen LogP contribution in [0.15, 0.2) is 24.4 Å². The Morgan fingerprint density at radius 1 is 1.13 bits per heavy atom. The number of hydrogen-bond acceptors (Lipinski definition) is 6. The first-order chi connectivity index (χ1) is 14.4. The molecule has 3 saturated heterocycles. The van der Waals surface area contributed by atoms with Crippen molar-refractivity contribution >= 4 is 11.8 Å². The molecule has 162 valence electrons. The van der Waals surface area contributed by atoms with E-state index in [1.165, 1.54) is 12.8 Å². The third kappa shape index (κ3) is 2.62. The van der Waals surface area contributed by atoms with E-state index in [-0.39, 0.29) is 34.6 Å². The maximum Gasteiger partial charge on any atom is 0.310 e. The molecule has 2 aliphatic carbocycles. The van der Waals surface area contributed by atoms with Gasteiger partial charge < -0.3 is 14.4 Å². The molecule has 1 aromatic heterocycles. The van der Waals surface area contributed by atoms with E-state index in [1.54, 1.807) is 0 Å². The Hall–Kier alpha value is -1.66. The molecule has 6 rings (SSSR count). The normalized spacial score (nSPS) is 45.3. The predicted octanol–water partition coefficient (Wildman–Crippen LogP) is 2.87. The molecule has 0 aromatic carbocycles. The van der Waals surface area contributed by atoms with Crippen LogP contribution in [0.5, 0.6) is 0 Å². The van der Waals surface area contributed by atoms with Gasteiger partial charge >= 0.3 is 5.97 Å². The minimum atomic E-state index is -0.0245. The topological polar surface area (TPSA) is 58.2 Å². The summed E-state index contributed by atoms with van der Waals surface area (Å²) in [5.41, 5.74) is 0.156. The van der Waals surface area contributed by atoms with Gasteiger partial charge in [0.2, 0.25) is 0 Å². The zero-order chi connectivity index (χ0) is 20.6. The molecule has 5 fully saturated rings. The molecule has 4 heterocycles. The van der Waals surface area contributed by atoms with E-state index in [4.69, 9.17) is 9.47 Å². The van der Waals surface area contributed by atoms with E-state index in [1.807, 2.05) is 18.3 Å². The Bertz CT molecular complexity index is 841. The summed E-state index contributed by atoms with van der Waals surface area (Å²) in [5, 5.41) is 0. The molecule has 0 N–H and O–H groups in total. The first-order valence-electron chi connectivity index (χ1n) is 11.7. The average Bonchev–Trinajstić information content (AvgIpc) is 3.27. The number of carbonyl (C=O) groups is 1. The molecule has 3 aliphatic heterocycles. The number of carbonyl (C=O) groups excluding carboxylic acids is 1. The van der Waals surface area contributed by atoms with Gasteiger partial charge in [0.25, 0.3) is 0 Å². The fourth-order valence-electron chi connectivity index (χ4n) is 7.35. The maximum atomic E-state index is 12.9. The molecule has 1 spiro atoms. The van der Waals surface area contributed by atoms with Crippen LogP contribution >= 0.6 is 0 Å². The lowest BCUT2D eigenvalue weighted by atomic mass is 9.53. The van der Waals surface area contributed by atoms with Crippen molar-refractivity contribution in [2.24, 2.45) is 17.3 Å². The molecule has 2 saturated carbocycles. The molecule has 30 heavy (non-hydrogen) atoms. The van der Waals surface area contributed by atoms with Crippen LogP contribution in [-0.2, 0) is 14.3 Å². The van der Waals surface area contributed by atoms with Crippen LogP contribution in [0.3, 0.4) is 0 Å². The predicted molar refractivity (Wildman–Crippen MR) is 113 cm³/mol. The molecule has 6 atom stereocenters. The lowest BCUT2D eigenvalue weighted by Crippen LogP contribution is -2.54. The number of rotatable bonds is 3. The second-order valence-corrected chi connectivity index (χ2v) is 10.7. The summed E-state index contributed by atoms with van der Waals surface area (Å²) in [6.07, 6.45) is 7.49. The summed E-state index contributed by atoms with van der Waals surface area (Å²) in [5.74, 6) is 1.37. The summed E-state index contributed by atoms with van der Waals surface area (Å²) >= 11 is 0. The van der Waals surface area contributed by atoms with Crippen molar-refractivity contribution in [3.05, 3.63) is 24.4 Å². The minimum absolute atomic E-state index is 0.00861. The summed E-state index contributed by atoms with van der Waals surface area (Å²) in [4.78, 5) is 22.2. The molecule has 0 amide bonds. The molecular formula is C24H33N3O3. The largest absolute Gasteiger partial charge is 0.462 e. The summed E-state index contributed by atoms with van der Waals surface area (Å²) in [6, 6.07) is 6.07. The van der Waals surface area contributed by atoms with Crippen molar-refractivity contribution in [3.63, 3.8) is 0 Å². The SMILES string of the molecule is C[C@]12CCC[C@@]3(C)O[C@@]13C[C@@H]1C(CN3CCN(c4ccccn4)CC3)C(=O)O[C@@H]1C2. The van der Waals surface area contributed by atoms with Crippen molar-refractivity contribution < 1.29 is 14.3 Å². The number of epoxide rings is 1. The van der Waals surface area contributed by atoms with Crippen LogP contribution in [0, 0.1) is 17.3 Å². The Labute approximate surface area is 178 Å². The molecule has 6 nitrogen and oxygen atoms in total. The minimum Gasteiger partial charge on any atom is -0.462 e. The zero-order valence-corrected chi connectivity index (χ0v) is 18.2. The molecule has 5 aliphatic rings. The van der Waals surface area contributed by atoms with Gasteiger partial charge in [0.1, 0.15) is 17.5 Å². The van der Waals surface area contributed by atoms with Crippen LogP contribution < -0.4 is 4.90 Å². The fraction of sp³-hybridized carbons (Fsp3) is 0.750. The number of esters is 1. The van der Waals surface area contributed by atoms with E-state index >= 15 is 0 Å². The van der Waals surface area contributed by atoms with E-state index in [9.17, 15) is 4.79 Å². The Morgan fingerprint density at radius 3 is 2.73 bits per heavy atom. The number of anilines is 1. The van der Waals surface area contributed by atoms with Gasteiger partial charge in [-0.05, 0) is 51.2 Å². The highest BCUT2D eigenvalue weighted by atomic mass is 16.6. The molecular weight excluding hydrogens is 378 g/mol. The van der Waals surface area contributed by atoms with Crippen LogP contribution in [0.1, 0.15) is 46.0 Å². The van der Waals surface area contributed by atoms with Crippen molar-refractivity contribution in [1.82, 2.24) is 9.88 Å². The Balaban J connectivity index is 1.14. The first-order valence-corrected chi connectivity index (χ1v) is 11.7. The van der Waals surface area contributed by atoms with Gasteiger partial charge in [-0.25, -0.2) is 4.98 Å². The fourth-order valence-corrected chi connectivity index (χ4v) is 7.35. The van der Waals surface area contributed by atoms with Crippen LogP contribution in [-0.4, -0.2) is 65.9 Å². The lowest BCUT2D eigenvalue weighted by molar-refractivity contribution is -0.146. The van der Waals surface area contributed by atoms with E-state index in [0.29, 0.717) is 5.92 Å². The maximum absolute atomic E-state index is 12.9. The average molecular weight is 412 g/mol. The quantitative estimate of drug-likeness (QED) is 0.563. The van der Waals surface area contributed by atoms with E-state index < -0.39 is 0 Å². The van der Waals surface area contributed by atoms with Gasteiger partial charge in [0, 0.05) is 50.3 Å². The molecule has 0 radical (unpaired) electrons. The van der Waals surface area contributed by atoms with Gasteiger partial charge in [-0.3, -0.25) is 9.69 Å². The lowest BCUT2D eigenvalue weighted by Gasteiger charge is -2.48. The van der Waals surface area contributed by atoms with E-state index in [0.717, 1.165) is 57.8 Å². The third-order valence-electron chi connectivity index (χ3n) is 9.11. The van der Waals surface area contributed by atoms with Gasteiger partial charge in [0.05, 0.1) is 11.5 Å². The summed E-state index contributed by atoms with van der Waals surface area (Å²) in [7, 11) is 0. The smallest absolute Gasteiger partial charge is 0.310 e.